The Balaban J connectivity index is 1.42. The van der Waals surface area contributed by atoms with Gasteiger partial charge in [0.2, 0.25) is 0 Å². The van der Waals surface area contributed by atoms with Crippen molar-refractivity contribution in [2.75, 3.05) is 31.1 Å². The normalized spacial score (nSPS) is 15.2. The summed E-state index contributed by atoms with van der Waals surface area (Å²) in [5.74, 6) is 0.787. The highest BCUT2D eigenvalue weighted by molar-refractivity contribution is 6.31. The first kappa shape index (κ1) is 16.8. The van der Waals surface area contributed by atoms with Gasteiger partial charge in [-0.25, -0.2) is 4.98 Å². The van der Waals surface area contributed by atoms with E-state index in [4.69, 9.17) is 16.6 Å². The quantitative estimate of drug-likeness (QED) is 0.713. The van der Waals surface area contributed by atoms with Gasteiger partial charge in [-0.2, -0.15) is 5.26 Å². The van der Waals surface area contributed by atoms with Crippen LogP contribution >= 0.6 is 11.6 Å². The zero-order chi connectivity index (χ0) is 17.9. The standard InChI is InChI=1S/C20H18ClN5/c21-17-4-6-19-15(12-17)3-5-18(24-19)14-25-8-10-26(11-9-25)20-16(13-22)2-1-7-23-20/h1-7,12H,8-11,14H2. The number of nitriles is 1. The maximum absolute atomic E-state index is 9.26. The summed E-state index contributed by atoms with van der Waals surface area (Å²) in [6, 6.07) is 15.8. The summed E-state index contributed by atoms with van der Waals surface area (Å²) in [5.41, 5.74) is 2.66. The Bertz CT molecular complexity index is 973. The number of benzene rings is 1. The lowest BCUT2D eigenvalue weighted by Gasteiger charge is -2.35. The molecule has 1 aliphatic rings. The molecule has 0 atom stereocenters. The number of anilines is 1. The number of hydrogen-bond acceptors (Lipinski definition) is 5. The highest BCUT2D eigenvalue weighted by Gasteiger charge is 2.20. The molecule has 1 saturated heterocycles. The summed E-state index contributed by atoms with van der Waals surface area (Å²) < 4.78 is 0. The predicted molar refractivity (Wildman–Crippen MR) is 103 cm³/mol. The fraction of sp³-hybridized carbons (Fsp3) is 0.250. The Morgan fingerprint density at radius 2 is 1.92 bits per heavy atom. The van der Waals surface area contributed by atoms with Crippen LogP contribution in [0.15, 0.2) is 48.7 Å². The molecule has 1 aliphatic heterocycles. The van der Waals surface area contributed by atoms with E-state index in [9.17, 15) is 5.26 Å². The summed E-state index contributed by atoms with van der Waals surface area (Å²) in [4.78, 5) is 13.7. The highest BCUT2D eigenvalue weighted by atomic mass is 35.5. The number of piperazine rings is 1. The van der Waals surface area contributed by atoms with Gasteiger partial charge >= 0.3 is 0 Å². The van der Waals surface area contributed by atoms with Gasteiger partial charge in [0.05, 0.1) is 16.8 Å². The molecule has 2 aromatic heterocycles. The molecule has 6 heteroatoms. The van der Waals surface area contributed by atoms with Gasteiger partial charge in [0.1, 0.15) is 11.9 Å². The van der Waals surface area contributed by atoms with E-state index in [0.717, 1.165) is 60.2 Å². The van der Waals surface area contributed by atoms with Crippen LogP contribution in [0.5, 0.6) is 0 Å². The van der Waals surface area contributed by atoms with Crippen molar-refractivity contribution >= 4 is 28.3 Å². The SMILES string of the molecule is N#Cc1cccnc1N1CCN(Cc2ccc3cc(Cl)ccc3n2)CC1. The molecule has 0 radical (unpaired) electrons. The van der Waals surface area contributed by atoms with Crippen LogP contribution in [0.4, 0.5) is 5.82 Å². The first-order valence-corrected chi connectivity index (χ1v) is 8.98. The number of nitrogens with zero attached hydrogens (tertiary/aromatic N) is 5. The molecule has 1 fully saturated rings. The van der Waals surface area contributed by atoms with Crippen molar-refractivity contribution in [3.8, 4) is 6.07 Å². The maximum atomic E-state index is 9.26. The Labute approximate surface area is 157 Å². The van der Waals surface area contributed by atoms with Gasteiger partial charge in [0, 0.05) is 49.3 Å². The topological polar surface area (TPSA) is 56.1 Å². The molecule has 4 rings (SSSR count). The molecule has 1 aromatic carbocycles. The molecule has 0 saturated carbocycles. The zero-order valence-electron chi connectivity index (χ0n) is 14.3. The Morgan fingerprint density at radius 3 is 2.73 bits per heavy atom. The van der Waals surface area contributed by atoms with Crippen molar-refractivity contribution in [1.29, 1.82) is 5.26 Å². The van der Waals surface area contributed by atoms with E-state index in [2.05, 4.69) is 33.0 Å². The first-order chi connectivity index (χ1) is 12.7. The Hall–Kier alpha value is -2.68. The summed E-state index contributed by atoms with van der Waals surface area (Å²) >= 11 is 6.03. The van der Waals surface area contributed by atoms with Crippen molar-refractivity contribution < 1.29 is 0 Å². The molecular formula is C20H18ClN5. The van der Waals surface area contributed by atoms with Gasteiger partial charge in [-0.1, -0.05) is 17.7 Å². The van der Waals surface area contributed by atoms with Crippen LogP contribution in [0.3, 0.4) is 0 Å². The number of rotatable bonds is 3. The number of fused-ring (bicyclic) bond motifs is 1. The van der Waals surface area contributed by atoms with Crippen LogP contribution in [-0.4, -0.2) is 41.0 Å². The maximum Gasteiger partial charge on any atom is 0.146 e. The van der Waals surface area contributed by atoms with Gasteiger partial charge < -0.3 is 4.90 Å². The lowest BCUT2D eigenvalue weighted by Crippen LogP contribution is -2.46. The highest BCUT2D eigenvalue weighted by Crippen LogP contribution is 2.20. The molecule has 0 unspecified atom stereocenters. The van der Waals surface area contributed by atoms with Crippen LogP contribution < -0.4 is 4.90 Å². The number of pyridine rings is 2. The van der Waals surface area contributed by atoms with Gasteiger partial charge in [-0.3, -0.25) is 9.88 Å². The van der Waals surface area contributed by atoms with Crippen molar-refractivity contribution in [2.45, 2.75) is 6.54 Å². The van der Waals surface area contributed by atoms with Gasteiger partial charge in [-0.05, 0) is 36.4 Å². The molecular weight excluding hydrogens is 346 g/mol. The number of halogens is 1. The van der Waals surface area contributed by atoms with Gasteiger partial charge in [0.15, 0.2) is 0 Å². The van der Waals surface area contributed by atoms with Crippen molar-refractivity contribution in [1.82, 2.24) is 14.9 Å². The van der Waals surface area contributed by atoms with Crippen molar-refractivity contribution in [2.24, 2.45) is 0 Å². The minimum Gasteiger partial charge on any atom is -0.353 e. The second-order valence-electron chi connectivity index (χ2n) is 6.39. The predicted octanol–water partition coefficient (Wildman–Crippen LogP) is 3.48. The molecule has 0 spiro atoms. The third-order valence-corrected chi connectivity index (χ3v) is 4.91. The fourth-order valence-electron chi connectivity index (χ4n) is 3.31. The lowest BCUT2D eigenvalue weighted by molar-refractivity contribution is 0.247. The smallest absolute Gasteiger partial charge is 0.146 e. The number of hydrogen-bond donors (Lipinski definition) is 0. The third kappa shape index (κ3) is 3.48. The van der Waals surface area contributed by atoms with E-state index in [0.29, 0.717) is 5.56 Å². The largest absolute Gasteiger partial charge is 0.353 e. The molecule has 5 nitrogen and oxygen atoms in total. The molecule has 0 bridgehead atoms. The molecule has 26 heavy (non-hydrogen) atoms. The van der Waals surface area contributed by atoms with Crippen LogP contribution in [0, 0.1) is 11.3 Å². The zero-order valence-corrected chi connectivity index (χ0v) is 15.0. The van der Waals surface area contributed by atoms with Gasteiger partial charge in [0.25, 0.3) is 0 Å². The molecule has 0 N–H and O–H groups in total. The van der Waals surface area contributed by atoms with Crippen LogP contribution in [0.1, 0.15) is 11.3 Å². The molecule has 130 valence electrons. The molecule has 0 amide bonds. The van der Waals surface area contributed by atoms with Crippen LogP contribution in [0.2, 0.25) is 5.02 Å². The van der Waals surface area contributed by atoms with E-state index < -0.39 is 0 Å². The van der Waals surface area contributed by atoms with E-state index >= 15 is 0 Å². The second kappa shape index (κ2) is 7.28. The summed E-state index contributed by atoms with van der Waals surface area (Å²) in [6.07, 6.45) is 1.74. The van der Waals surface area contributed by atoms with Crippen LogP contribution in [-0.2, 0) is 6.54 Å². The summed E-state index contributed by atoms with van der Waals surface area (Å²) in [7, 11) is 0. The first-order valence-electron chi connectivity index (χ1n) is 8.60. The minimum atomic E-state index is 0.635. The second-order valence-corrected chi connectivity index (χ2v) is 6.83. The third-order valence-electron chi connectivity index (χ3n) is 4.67. The average Bonchev–Trinajstić information content (AvgIpc) is 2.69. The van der Waals surface area contributed by atoms with E-state index in [1.54, 1.807) is 12.3 Å². The average molecular weight is 364 g/mol. The van der Waals surface area contributed by atoms with Crippen LogP contribution in [0.25, 0.3) is 10.9 Å². The van der Waals surface area contributed by atoms with Crippen molar-refractivity contribution in [3.63, 3.8) is 0 Å². The van der Waals surface area contributed by atoms with Crippen molar-refractivity contribution in [3.05, 3.63) is 64.9 Å². The lowest BCUT2D eigenvalue weighted by atomic mass is 10.2. The van der Waals surface area contributed by atoms with E-state index in [1.807, 2.05) is 24.3 Å². The molecule has 3 aromatic rings. The summed E-state index contributed by atoms with van der Waals surface area (Å²) in [6.45, 7) is 4.37. The Morgan fingerprint density at radius 1 is 1.08 bits per heavy atom. The molecule has 0 aliphatic carbocycles. The minimum absolute atomic E-state index is 0.635. The molecule has 3 heterocycles. The number of aromatic nitrogens is 2. The van der Waals surface area contributed by atoms with Gasteiger partial charge in [-0.15, -0.1) is 0 Å². The monoisotopic (exact) mass is 363 g/mol. The fourth-order valence-corrected chi connectivity index (χ4v) is 3.49. The van der Waals surface area contributed by atoms with E-state index in [1.165, 1.54) is 0 Å². The van der Waals surface area contributed by atoms with E-state index in [-0.39, 0.29) is 0 Å². The Kier molecular flexibility index (Phi) is 4.70. The summed E-state index contributed by atoms with van der Waals surface area (Å²) in [5, 5.41) is 11.0.